The average Bonchev–Trinajstić information content (AvgIpc) is 2.72. The number of hydrogen-bond acceptors (Lipinski definition) is 4. The van der Waals surface area contributed by atoms with Gasteiger partial charge in [0.25, 0.3) is 0 Å². The quantitative estimate of drug-likeness (QED) is 0.383. The molecule has 2 N–H and O–H groups in total. The van der Waals surface area contributed by atoms with Gasteiger partial charge in [-0.05, 0) is 58.9 Å². The largest absolute Gasteiger partial charge is 0.444 e. The number of aryl methyl sites for hydroxylation is 2. The molecule has 198 valence electrons. The van der Waals surface area contributed by atoms with Gasteiger partial charge in [-0.25, -0.2) is 4.79 Å². The van der Waals surface area contributed by atoms with Crippen molar-refractivity contribution in [1.82, 2.24) is 15.5 Å². The molecule has 0 heterocycles. The molecule has 0 aromatic heterocycles. The number of nitrogens with one attached hydrogen (secondary N) is 2. The number of rotatable bonds is 12. The van der Waals surface area contributed by atoms with Crippen LogP contribution in [0.5, 0.6) is 0 Å². The van der Waals surface area contributed by atoms with E-state index >= 15 is 0 Å². The van der Waals surface area contributed by atoms with E-state index in [4.69, 9.17) is 4.74 Å². The smallest absolute Gasteiger partial charge is 0.408 e. The van der Waals surface area contributed by atoms with Crippen LogP contribution < -0.4 is 10.6 Å². The van der Waals surface area contributed by atoms with Gasteiger partial charge in [-0.3, -0.25) is 9.59 Å². The van der Waals surface area contributed by atoms with Crippen LogP contribution >= 0.6 is 0 Å². The van der Waals surface area contributed by atoms with Gasteiger partial charge in [-0.1, -0.05) is 69.9 Å². The molecule has 1 aromatic carbocycles. The third-order valence-corrected chi connectivity index (χ3v) is 5.55. The maximum absolute atomic E-state index is 13.9. The summed E-state index contributed by atoms with van der Waals surface area (Å²) >= 11 is 0. The van der Waals surface area contributed by atoms with E-state index in [-0.39, 0.29) is 17.7 Å². The molecule has 0 aliphatic rings. The van der Waals surface area contributed by atoms with Crippen molar-refractivity contribution in [3.05, 3.63) is 34.9 Å². The summed E-state index contributed by atoms with van der Waals surface area (Å²) < 4.78 is 5.41. The number of hydrogen-bond donors (Lipinski definition) is 2. The Kier molecular flexibility index (Phi) is 12.3. The summed E-state index contributed by atoms with van der Waals surface area (Å²) in [7, 11) is 0. The SMILES string of the molecule is CCCCCNC(=O)C(c1cc(C)cc(C)c1)N(CCC)C(=O)C(NC(=O)OC(C)(C)C)C(C)C. The summed E-state index contributed by atoms with van der Waals surface area (Å²) in [5, 5.41) is 5.80. The van der Waals surface area contributed by atoms with Gasteiger partial charge < -0.3 is 20.3 Å². The van der Waals surface area contributed by atoms with Crippen LogP contribution in [0.3, 0.4) is 0 Å². The first-order valence-electron chi connectivity index (χ1n) is 13.0. The Morgan fingerprint density at radius 2 is 1.57 bits per heavy atom. The Bertz CT molecular complexity index is 825. The third kappa shape index (κ3) is 10.3. The molecule has 2 unspecified atom stereocenters. The van der Waals surface area contributed by atoms with Crippen molar-refractivity contribution in [1.29, 1.82) is 0 Å². The van der Waals surface area contributed by atoms with Crippen LogP contribution in [0.4, 0.5) is 4.79 Å². The van der Waals surface area contributed by atoms with Gasteiger partial charge in [0.15, 0.2) is 0 Å². The van der Waals surface area contributed by atoms with Crippen molar-refractivity contribution in [3.8, 4) is 0 Å². The minimum absolute atomic E-state index is 0.193. The number of alkyl carbamates (subject to hydrolysis) is 1. The van der Waals surface area contributed by atoms with Crippen molar-refractivity contribution < 1.29 is 19.1 Å². The molecule has 0 fully saturated rings. The van der Waals surface area contributed by atoms with E-state index in [2.05, 4.69) is 17.6 Å². The molecule has 0 saturated carbocycles. The van der Waals surface area contributed by atoms with Crippen molar-refractivity contribution in [3.63, 3.8) is 0 Å². The topological polar surface area (TPSA) is 87.7 Å². The molecule has 0 aliphatic heterocycles. The molecule has 1 aromatic rings. The Balaban J connectivity index is 3.39. The van der Waals surface area contributed by atoms with E-state index in [1.165, 1.54) is 0 Å². The van der Waals surface area contributed by atoms with Crippen molar-refractivity contribution in [2.75, 3.05) is 13.1 Å². The number of carbonyl (C=O) groups excluding carboxylic acids is 3. The van der Waals surface area contributed by atoms with Gasteiger partial charge in [0.1, 0.15) is 17.7 Å². The predicted molar refractivity (Wildman–Crippen MR) is 141 cm³/mol. The highest BCUT2D eigenvalue weighted by atomic mass is 16.6. The van der Waals surface area contributed by atoms with Crippen LogP contribution in [-0.4, -0.2) is 47.5 Å². The Labute approximate surface area is 212 Å². The Morgan fingerprint density at radius 1 is 0.971 bits per heavy atom. The molecular formula is C28H47N3O4. The first-order chi connectivity index (χ1) is 16.3. The maximum Gasteiger partial charge on any atom is 0.408 e. The monoisotopic (exact) mass is 489 g/mol. The lowest BCUT2D eigenvalue weighted by Crippen LogP contribution is -2.55. The van der Waals surface area contributed by atoms with E-state index in [1.807, 2.05) is 52.8 Å². The molecule has 0 saturated heterocycles. The summed E-state index contributed by atoms with van der Waals surface area (Å²) in [6.45, 7) is 18.1. The highest BCUT2D eigenvalue weighted by Crippen LogP contribution is 2.26. The minimum atomic E-state index is -0.822. The number of benzene rings is 1. The summed E-state index contributed by atoms with van der Waals surface area (Å²) in [5.74, 6) is -0.685. The zero-order valence-corrected chi connectivity index (χ0v) is 23.3. The van der Waals surface area contributed by atoms with Crippen LogP contribution in [0.1, 0.15) is 96.9 Å². The lowest BCUT2D eigenvalue weighted by molar-refractivity contribution is -0.143. The van der Waals surface area contributed by atoms with Crippen LogP contribution in [-0.2, 0) is 14.3 Å². The first-order valence-corrected chi connectivity index (χ1v) is 13.0. The third-order valence-electron chi connectivity index (χ3n) is 5.55. The van der Waals surface area contributed by atoms with Crippen LogP contribution in [0.15, 0.2) is 18.2 Å². The summed E-state index contributed by atoms with van der Waals surface area (Å²) in [6.07, 6.45) is 3.00. The number of carbonyl (C=O) groups is 3. The van der Waals surface area contributed by atoms with Crippen LogP contribution in [0, 0.1) is 19.8 Å². The predicted octanol–water partition coefficient (Wildman–Crippen LogP) is 5.44. The molecule has 0 bridgehead atoms. The first kappa shape index (κ1) is 30.5. The van der Waals surface area contributed by atoms with E-state index in [1.54, 1.807) is 25.7 Å². The Morgan fingerprint density at radius 3 is 2.06 bits per heavy atom. The van der Waals surface area contributed by atoms with Gasteiger partial charge in [0, 0.05) is 13.1 Å². The highest BCUT2D eigenvalue weighted by Gasteiger charge is 2.37. The van der Waals surface area contributed by atoms with E-state index in [0.29, 0.717) is 19.5 Å². The fraction of sp³-hybridized carbons (Fsp3) is 0.679. The number of unbranched alkanes of at least 4 members (excludes halogenated alkanes) is 2. The fourth-order valence-electron chi connectivity index (χ4n) is 4.06. The van der Waals surface area contributed by atoms with Gasteiger partial charge >= 0.3 is 6.09 Å². The second-order valence-electron chi connectivity index (χ2n) is 10.7. The van der Waals surface area contributed by atoms with Crippen LogP contribution in [0.2, 0.25) is 0 Å². The molecule has 3 amide bonds. The molecule has 7 nitrogen and oxygen atoms in total. The van der Waals surface area contributed by atoms with E-state index in [0.717, 1.165) is 36.0 Å². The second kappa shape index (κ2) is 14.1. The molecule has 2 atom stereocenters. The zero-order valence-electron chi connectivity index (χ0n) is 23.3. The summed E-state index contributed by atoms with van der Waals surface area (Å²) in [4.78, 5) is 41.6. The molecule has 7 heteroatoms. The van der Waals surface area contributed by atoms with Gasteiger partial charge in [-0.2, -0.15) is 0 Å². The van der Waals surface area contributed by atoms with Crippen LogP contribution in [0.25, 0.3) is 0 Å². The lowest BCUT2D eigenvalue weighted by atomic mass is 9.96. The summed E-state index contributed by atoms with van der Waals surface area (Å²) in [6, 6.07) is 4.37. The van der Waals surface area contributed by atoms with Crippen molar-refractivity contribution >= 4 is 17.9 Å². The Hall–Kier alpha value is -2.57. The van der Waals surface area contributed by atoms with Gasteiger partial charge in [-0.15, -0.1) is 0 Å². The number of amides is 3. The highest BCUT2D eigenvalue weighted by molar-refractivity contribution is 5.92. The summed E-state index contributed by atoms with van der Waals surface area (Å²) in [5.41, 5.74) is 2.15. The fourth-order valence-corrected chi connectivity index (χ4v) is 4.06. The minimum Gasteiger partial charge on any atom is -0.444 e. The molecular weight excluding hydrogens is 442 g/mol. The van der Waals surface area contributed by atoms with Crippen molar-refractivity contribution in [2.45, 2.75) is 106 Å². The van der Waals surface area contributed by atoms with E-state index < -0.39 is 23.8 Å². The number of ether oxygens (including phenoxy) is 1. The molecule has 0 spiro atoms. The van der Waals surface area contributed by atoms with Gasteiger partial charge in [0.2, 0.25) is 11.8 Å². The molecule has 35 heavy (non-hydrogen) atoms. The van der Waals surface area contributed by atoms with Gasteiger partial charge in [0.05, 0.1) is 0 Å². The lowest BCUT2D eigenvalue weighted by Gasteiger charge is -2.35. The molecule has 1 rings (SSSR count). The maximum atomic E-state index is 13.9. The molecule has 0 aliphatic carbocycles. The number of nitrogens with zero attached hydrogens (tertiary/aromatic N) is 1. The standard InChI is InChI=1S/C28H47N3O4/c1-10-12-13-14-29-25(32)24(22-17-20(5)16-21(6)18-22)31(15-11-2)26(33)23(19(3)4)30-27(34)35-28(7,8)9/h16-19,23-24H,10-15H2,1-9H3,(H,29,32)(H,30,34). The van der Waals surface area contributed by atoms with E-state index in [9.17, 15) is 14.4 Å². The average molecular weight is 490 g/mol. The van der Waals surface area contributed by atoms with Crippen molar-refractivity contribution in [2.24, 2.45) is 5.92 Å². The zero-order chi connectivity index (χ0) is 26.8. The molecule has 0 radical (unpaired) electrons. The normalized spacial score (nSPS) is 13.2. The second-order valence-corrected chi connectivity index (χ2v) is 10.7.